The SMILES string of the molecule is Cc1cc(N[C@@H](C)CCc2ccco2)nc(N)n1. The molecule has 2 aromatic rings. The quantitative estimate of drug-likeness (QED) is 0.847. The van der Waals surface area contributed by atoms with Crippen LogP contribution in [0.5, 0.6) is 0 Å². The highest BCUT2D eigenvalue weighted by Gasteiger charge is 2.06. The molecule has 0 aliphatic carbocycles. The minimum absolute atomic E-state index is 0.295. The second kappa shape index (κ2) is 5.53. The van der Waals surface area contributed by atoms with Crippen molar-refractivity contribution in [3.05, 3.63) is 35.9 Å². The first-order valence-electron chi connectivity index (χ1n) is 6.03. The molecule has 0 bridgehead atoms. The predicted octanol–water partition coefficient (Wildman–Crippen LogP) is 2.39. The summed E-state index contributed by atoms with van der Waals surface area (Å²) in [6.45, 7) is 4.01. The Morgan fingerprint density at radius 1 is 1.44 bits per heavy atom. The van der Waals surface area contributed by atoms with Gasteiger partial charge >= 0.3 is 0 Å². The summed E-state index contributed by atoms with van der Waals surface area (Å²) in [4.78, 5) is 8.19. The van der Waals surface area contributed by atoms with Crippen LogP contribution in [0.2, 0.25) is 0 Å². The Hall–Kier alpha value is -2.04. The summed E-state index contributed by atoms with van der Waals surface area (Å²) < 4.78 is 5.30. The Bertz CT molecular complexity index is 475. The number of furan rings is 1. The minimum Gasteiger partial charge on any atom is -0.469 e. The van der Waals surface area contributed by atoms with E-state index in [4.69, 9.17) is 10.2 Å². The van der Waals surface area contributed by atoms with E-state index in [2.05, 4.69) is 22.2 Å². The first kappa shape index (κ1) is 12.4. The third-order valence-corrected chi connectivity index (χ3v) is 2.67. The summed E-state index contributed by atoms with van der Waals surface area (Å²) in [7, 11) is 0. The zero-order valence-corrected chi connectivity index (χ0v) is 10.7. The molecule has 1 atom stereocenters. The van der Waals surface area contributed by atoms with Gasteiger partial charge in [-0.1, -0.05) is 0 Å². The molecule has 3 N–H and O–H groups in total. The van der Waals surface area contributed by atoms with Gasteiger partial charge in [-0.05, 0) is 32.4 Å². The van der Waals surface area contributed by atoms with E-state index < -0.39 is 0 Å². The molecular weight excluding hydrogens is 228 g/mol. The Morgan fingerprint density at radius 3 is 2.94 bits per heavy atom. The number of aryl methyl sites for hydroxylation is 2. The fourth-order valence-corrected chi connectivity index (χ4v) is 1.80. The zero-order valence-electron chi connectivity index (χ0n) is 10.7. The van der Waals surface area contributed by atoms with Gasteiger partial charge in [-0.15, -0.1) is 0 Å². The molecule has 0 aromatic carbocycles. The molecule has 0 amide bonds. The fraction of sp³-hybridized carbons (Fsp3) is 0.385. The standard InChI is InChI=1S/C13H18N4O/c1-9(5-6-11-4-3-7-18-11)15-12-8-10(2)16-13(14)17-12/h3-4,7-9H,5-6H2,1-2H3,(H3,14,15,16,17)/t9-/m0/s1. The highest BCUT2D eigenvalue weighted by molar-refractivity contribution is 5.40. The van der Waals surface area contributed by atoms with Crippen molar-refractivity contribution in [1.29, 1.82) is 0 Å². The van der Waals surface area contributed by atoms with Crippen molar-refractivity contribution in [2.75, 3.05) is 11.1 Å². The lowest BCUT2D eigenvalue weighted by Crippen LogP contribution is -2.17. The van der Waals surface area contributed by atoms with Crippen molar-refractivity contribution < 1.29 is 4.42 Å². The first-order chi connectivity index (χ1) is 8.63. The van der Waals surface area contributed by atoms with E-state index >= 15 is 0 Å². The first-order valence-corrected chi connectivity index (χ1v) is 6.03. The molecule has 0 aliphatic heterocycles. The normalized spacial score (nSPS) is 12.3. The fourth-order valence-electron chi connectivity index (χ4n) is 1.80. The molecule has 5 nitrogen and oxygen atoms in total. The van der Waals surface area contributed by atoms with Crippen LogP contribution in [0.1, 0.15) is 24.8 Å². The lowest BCUT2D eigenvalue weighted by molar-refractivity contribution is 0.495. The maximum Gasteiger partial charge on any atom is 0.222 e. The van der Waals surface area contributed by atoms with Crippen molar-refractivity contribution in [1.82, 2.24) is 9.97 Å². The molecule has 2 aromatic heterocycles. The van der Waals surface area contributed by atoms with Gasteiger partial charge in [0.25, 0.3) is 0 Å². The molecule has 0 saturated carbocycles. The van der Waals surface area contributed by atoms with Gasteiger partial charge in [-0.25, -0.2) is 4.98 Å². The average Bonchev–Trinajstić information content (AvgIpc) is 2.77. The number of nitrogens with zero attached hydrogens (tertiary/aromatic N) is 2. The number of hydrogen-bond acceptors (Lipinski definition) is 5. The van der Waals surface area contributed by atoms with Crippen LogP contribution in [0, 0.1) is 6.92 Å². The summed E-state index contributed by atoms with van der Waals surface area (Å²) in [5, 5.41) is 3.31. The van der Waals surface area contributed by atoms with Crippen LogP contribution >= 0.6 is 0 Å². The number of hydrogen-bond donors (Lipinski definition) is 2. The van der Waals surface area contributed by atoms with Crippen LogP contribution in [0.25, 0.3) is 0 Å². The van der Waals surface area contributed by atoms with E-state index in [0.29, 0.717) is 12.0 Å². The van der Waals surface area contributed by atoms with Gasteiger partial charge < -0.3 is 15.5 Å². The summed E-state index contributed by atoms with van der Waals surface area (Å²) in [6, 6.07) is 6.07. The second-order valence-electron chi connectivity index (χ2n) is 4.42. The van der Waals surface area contributed by atoms with Gasteiger partial charge in [0.15, 0.2) is 0 Å². The molecule has 2 heterocycles. The van der Waals surface area contributed by atoms with Gasteiger partial charge in [-0.3, -0.25) is 0 Å². The van der Waals surface area contributed by atoms with Gasteiger partial charge in [-0.2, -0.15) is 4.98 Å². The van der Waals surface area contributed by atoms with E-state index in [1.807, 2.05) is 25.1 Å². The molecule has 18 heavy (non-hydrogen) atoms. The summed E-state index contributed by atoms with van der Waals surface area (Å²) in [5.41, 5.74) is 6.47. The van der Waals surface area contributed by atoms with Gasteiger partial charge in [0.2, 0.25) is 5.95 Å². The number of nitrogens with one attached hydrogen (secondary N) is 1. The molecule has 0 spiro atoms. The van der Waals surface area contributed by atoms with Crippen LogP contribution in [-0.4, -0.2) is 16.0 Å². The van der Waals surface area contributed by atoms with Crippen LogP contribution in [0.4, 0.5) is 11.8 Å². The van der Waals surface area contributed by atoms with Gasteiger partial charge in [0, 0.05) is 24.2 Å². The highest BCUT2D eigenvalue weighted by atomic mass is 16.3. The molecular formula is C13H18N4O. The molecule has 0 unspecified atom stereocenters. The third kappa shape index (κ3) is 3.48. The Labute approximate surface area is 106 Å². The maximum atomic E-state index is 5.61. The molecule has 0 saturated heterocycles. The van der Waals surface area contributed by atoms with Crippen molar-refractivity contribution in [3.63, 3.8) is 0 Å². The summed E-state index contributed by atoms with van der Waals surface area (Å²) in [5.74, 6) is 2.07. The van der Waals surface area contributed by atoms with Gasteiger partial charge in [0.05, 0.1) is 6.26 Å². The van der Waals surface area contributed by atoms with E-state index in [1.54, 1.807) is 6.26 Å². The molecule has 0 fully saturated rings. The van der Waals surface area contributed by atoms with Crippen molar-refractivity contribution in [2.24, 2.45) is 0 Å². The molecule has 0 radical (unpaired) electrons. The van der Waals surface area contributed by atoms with Crippen LogP contribution in [-0.2, 0) is 6.42 Å². The smallest absolute Gasteiger partial charge is 0.222 e. The van der Waals surface area contributed by atoms with Crippen LogP contribution in [0.3, 0.4) is 0 Å². The van der Waals surface area contributed by atoms with E-state index in [0.717, 1.165) is 30.1 Å². The zero-order chi connectivity index (χ0) is 13.0. The average molecular weight is 246 g/mol. The lowest BCUT2D eigenvalue weighted by atomic mass is 10.1. The van der Waals surface area contributed by atoms with E-state index in [1.165, 1.54) is 0 Å². The molecule has 0 aliphatic rings. The number of nitrogen functional groups attached to an aromatic ring is 1. The van der Waals surface area contributed by atoms with Crippen LogP contribution < -0.4 is 11.1 Å². The third-order valence-electron chi connectivity index (χ3n) is 2.67. The second-order valence-corrected chi connectivity index (χ2v) is 4.42. The largest absolute Gasteiger partial charge is 0.469 e. The Morgan fingerprint density at radius 2 is 2.28 bits per heavy atom. The molecule has 2 rings (SSSR count). The van der Waals surface area contributed by atoms with Crippen molar-refractivity contribution in [3.8, 4) is 0 Å². The summed E-state index contributed by atoms with van der Waals surface area (Å²) >= 11 is 0. The Balaban J connectivity index is 1.88. The predicted molar refractivity (Wildman–Crippen MR) is 71.3 cm³/mol. The van der Waals surface area contributed by atoms with Gasteiger partial charge in [0.1, 0.15) is 11.6 Å². The highest BCUT2D eigenvalue weighted by Crippen LogP contribution is 2.12. The van der Waals surface area contributed by atoms with Crippen molar-refractivity contribution in [2.45, 2.75) is 32.7 Å². The monoisotopic (exact) mass is 246 g/mol. The lowest BCUT2D eigenvalue weighted by Gasteiger charge is -2.14. The summed E-state index contributed by atoms with van der Waals surface area (Å²) in [6.07, 6.45) is 3.57. The van der Waals surface area contributed by atoms with E-state index in [-0.39, 0.29) is 0 Å². The topological polar surface area (TPSA) is 77.0 Å². The van der Waals surface area contributed by atoms with Crippen LogP contribution in [0.15, 0.2) is 28.9 Å². The number of aromatic nitrogens is 2. The number of anilines is 2. The maximum absolute atomic E-state index is 5.61. The van der Waals surface area contributed by atoms with E-state index in [9.17, 15) is 0 Å². The number of nitrogens with two attached hydrogens (primary N) is 1. The van der Waals surface area contributed by atoms with Crippen molar-refractivity contribution >= 4 is 11.8 Å². The molecule has 5 heteroatoms. The Kier molecular flexibility index (Phi) is 3.82. The number of rotatable bonds is 5. The minimum atomic E-state index is 0.295. The molecule has 96 valence electrons.